The highest BCUT2D eigenvalue weighted by Gasteiger charge is 2.23. The van der Waals surface area contributed by atoms with Gasteiger partial charge in [-0.3, -0.25) is 9.78 Å². The first-order chi connectivity index (χ1) is 9.63. The molecule has 20 heavy (non-hydrogen) atoms. The number of benzene rings is 1. The zero-order chi connectivity index (χ0) is 14.5. The van der Waals surface area contributed by atoms with Crippen LogP contribution in [0.2, 0.25) is 0 Å². The number of nitriles is 1. The molecule has 4 heteroatoms. The Labute approximate surface area is 118 Å². The molecule has 1 heterocycles. The molecule has 0 fully saturated rings. The second kappa shape index (κ2) is 5.98. The van der Waals surface area contributed by atoms with E-state index < -0.39 is 6.04 Å². The summed E-state index contributed by atoms with van der Waals surface area (Å²) in [6.07, 6.45) is 1.61. The summed E-state index contributed by atoms with van der Waals surface area (Å²) in [5.74, 6) is -0.192. The molecule has 0 aliphatic carbocycles. The minimum atomic E-state index is -0.690. The fraction of sp³-hybridized carbons (Fsp3) is 0.188. The van der Waals surface area contributed by atoms with Crippen LogP contribution in [0.25, 0.3) is 0 Å². The van der Waals surface area contributed by atoms with Crippen LogP contribution in [-0.4, -0.2) is 22.8 Å². The number of hydrogen-bond acceptors (Lipinski definition) is 3. The van der Waals surface area contributed by atoms with Crippen molar-refractivity contribution >= 4 is 5.91 Å². The van der Waals surface area contributed by atoms with Crippen molar-refractivity contribution in [2.24, 2.45) is 0 Å². The Bertz CT molecular complexity index is 629. The zero-order valence-corrected chi connectivity index (χ0v) is 11.4. The molecule has 0 radical (unpaired) electrons. The quantitative estimate of drug-likeness (QED) is 0.857. The first kappa shape index (κ1) is 13.8. The second-order valence-electron chi connectivity index (χ2n) is 4.57. The molecule has 1 atom stereocenters. The van der Waals surface area contributed by atoms with Crippen molar-refractivity contribution in [1.29, 1.82) is 5.26 Å². The van der Waals surface area contributed by atoms with Crippen LogP contribution in [0, 0.1) is 18.3 Å². The summed E-state index contributed by atoms with van der Waals surface area (Å²) in [5.41, 5.74) is 2.22. The zero-order valence-electron chi connectivity index (χ0n) is 11.4. The third-order valence-electron chi connectivity index (χ3n) is 3.10. The van der Waals surface area contributed by atoms with Crippen molar-refractivity contribution in [3.63, 3.8) is 0 Å². The molecule has 1 amide bonds. The van der Waals surface area contributed by atoms with E-state index in [1.807, 2.05) is 19.1 Å². The van der Waals surface area contributed by atoms with Gasteiger partial charge in [-0.25, -0.2) is 0 Å². The lowest BCUT2D eigenvalue weighted by atomic mass is 10.1. The second-order valence-corrected chi connectivity index (χ2v) is 4.57. The van der Waals surface area contributed by atoms with Gasteiger partial charge in [0.2, 0.25) is 0 Å². The maximum absolute atomic E-state index is 12.4. The van der Waals surface area contributed by atoms with E-state index in [2.05, 4.69) is 11.1 Å². The Morgan fingerprint density at radius 1 is 1.25 bits per heavy atom. The lowest BCUT2D eigenvalue weighted by Crippen LogP contribution is -2.31. The third-order valence-corrected chi connectivity index (χ3v) is 3.10. The van der Waals surface area contributed by atoms with Crippen LogP contribution in [0.1, 0.15) is 27.7 Å². The summed E-state index contributed by atoms with van der Waals surface area (Å²) in [5, 5.41) is 9.31. The van der Waals surface area contributed by atoms with E-state index in [0.717, 1.165) is 5.56 Å². The van der Waals surface area contributed by atoms with E-state index >= 15 is 0 Å². The van der Waals surface area contributed by atoms with E-state index in [0.29, 0.717) is 11.3 Å². The van der Waals surface area contributed by atoms with Crippen molar-refractivity contribution in [2.45, 2.75) is 13.0 Å². The van der Waals surface area contributed by atoms with Crippen molar-refractivity contribution in [2.75, 3.05) is 7.05 Å². The Kier molecular flexibility index (Phi) is 4.11. The van der Waals surface area contributed by atoms with Crippen LogP contribution < -0.4 is 0 Å². The van der Waals surface area contributed by atoms with E-state index in [1.54, 1.807) is 43.6 Å². The summed E-state index contributed by atoms with van der Waals surface area (Å²) in [4.78, 5) is 17.9. The van der Waals surface area contributed by atoms with Gasteiger partial charge in [0.05, 0.1) is 11.8 Å². The molecule has 100 valence electrons. The molecule has 4 nitrogen and oxygen atoms in total. The Hall–Kier alpha value is -2.67. The number of amides is 1. The van der Waals surface area contributed by atoms with Crippen LogP contribution in [0.3, 0.4) is 0 Å². The lowest BCUT2D eigenvalue weighted by Gasteiger charge is -2.22. The van der Waals surface area contributed by atoms with Gasteiger partial charge in [-0.05, 0) is 31.2 Å². The minimum Gasteiger partial charge on any atom is -0.320 e. The number of carbonyl (C=O) groups excluding carboxylic acids is 1. The van der Waals surface area contributed by atoms with Gasteiger partial charge in [-0.15, -0.1) is 0 Å². The molecule has 0 saturated carbocycles. The van der Waals surface area contributed by atoms with Crippen LogP contribution >= 0.6 is 0 Å². The molecule has 2 aromatic rings. The largest absolute Gasteiger partial charge is 0.320 e. The minimum absolute atomic E-state index is 0.192. The molecule has 0 saturated heterocycles. The SMILES string of the molecule is Cc1ccc(C(=O)N(C)C(C#N)c2ccccn2)cc1. The lowest BCUT2D eigenvalue weighted by molar-refractivity contribution is 0.0761. The number of hydrogen-bond donors (Lipinski definition) is 0. The van der Waals surface area contributed by atoms with Crippen LogP contribution in [0.5, 0.6) is 0 Å². The highest BCUT2D eigenvalue weighted by molar-refractivity contribution is 5.94. The topological polar surface area (TPSA) is 57.0 Å². The normalized spacial score (nSPS) is 11.4. The molecular formula is C16H15N3O. The molecular weight excluding hydrogens is 250 g/mol. The summed E-state index contributed by atoms with van der Waals surface area (Å²) in [6.45, 7) is 1.96. The number of aryl methyl sites for hydroxylation is 1. The maximum Gasteiger partial charge on any atom is 0.254 e. The number of pyridine rings is 1. The van der Waals surface area contributed by atoms with E-state index in [-0.39, 0.29) is 5.91 Å². The van der Waals surface area contributed by atoms with Crippen LogP contribution in [-0.2, 0) is 0 Å². The van der Waals surface area contributed by atoms with Gasteiger partial charge in [0, 0.05) is 18.8 Å². The highest BCUT2D eigenvalue weighted by atomic mass is 16.2. The Morgan fingerprint density at radius 2 is 1.95 bits per heavy atom. The molecule has 0 spiro atoms. The smallest absolute Gasteiger partial charge is 0.254 e. The molecule has 0 aliphatic heterocycles. The summed E-state index contributed by atoms with van der Waals surface area (Å²) < 4.78 is 0. The van der Waals surface area contributed by atoms with E-state index in [1.165, 1.54) is 4.90 Å². The first-order valence-corrected chi connectivity index (χ1v) is 6.28. The Balaban J connectivity index is 2.25. The van der Waals surface area contributed by atoms with Gasteiger partial charge in [-0.2, -0.15) is 5.26 Å². The van der Waals surface area contributed by atoms with E-state index in [4.69, 9.17) is 0 Å². The van der Waals surface area contributed by atoms with Gasteiger partial charge in [0.25, 0.3) is 5.91 Å². The first-order valence-electron chi connectivity index (χ1n) is 6.28. The molecule has 0 bridgehead atoms. The van der Waals surface area contributed by atoms with Crippen molar-refractivity contribution < 1.29 is 4.79 Å². The van der Waals surface area contributed by atoms with Crippen LogP contribution in [0.15, 0.2) is 48.7 Å². The number of carbonyl (C=O) groups is 1. The summed E-state index contributed by atoms with van der Waals surface area (Å²) >= 11 is 0. The molecule has 0 aliphatic rings. The standard InChI is InChI=1S/C16H15N3O/c1-12-6-8-13(9-7-12)16(20)19(2)15(11-17)14-5-3-4-10-18-14/h3-10,15H,1-2H3. The predicted octanol–water partition coefficient (Wildman–Crippen LogP) is 2.73. The fourth-order valence-corrected chi connectivity index (χ4v) is 1.91. The van der Waals surface area contributed by atoms with Crippen molar-refractivity contribution in [1.82, 2.24) is 9.88 Å². The maximum atomic E-state index is 12.4. The van der Waals surface area contributed by atoms with E-state index in [9.17, 15) is 10.1 Å². The highest BCUT2D eigenvalue weighted by Crippen LogP contribution is 2.18. The van der Waals surface area contributed by atoms with Gasteiger partial charge >= 0.3 is 0 Å². The number of aromatic nitrogens is 1. The van der Waals surface area contributed by atoms with Gasteiger partial charge in [0.1, 0.15) is 0 Å². The average molecular weight is 265 g/mol. The van der Waals surface area contributed by atoms with Crippen molar-refractivity contribution in [3.05, 3.63) is 65.5 Å². The van der Waals surface area contributed by atoms with Crippen molar-refractivity contribution in [3.8, 4) is 6.07 Å². The van der Waals surface area contributed by atoms with Crippen LogP contribution in [0.4, 0.5) is 0 Å². The van der Waals surface area contributed by atoms with Gasteiger partial charge < -0.3 is 4.90 Å². The number of nitrogens with zero attached hydrogens (tertiary/aromatic N) is 3. The Morgan fingerprint density at radius 3 is 2.50 bits per heavy atom. The third kappa shape index (κ3) is 2.83. The molecule has 1 unspecified atom stereocenters. The summed E-state index contributed by atoms with van der Waals surface area (Å²) in [6, 6.07) is 14.0. The number of rotatable bonds is 3. The fourth-order valence-electron chi connectivity index (χ4n) is 1.91. The predicted molar refractivity (Wildman–Crippen MR) is 75.9 cm³/mol. The van der Waals surface area contributed by atoms with Gasteiger partial charge in [0.15, 0.2) is 6.04 Å². The van der Waals surface area contributed by atoms with Gasteiger partial charge in [-0.1, -0.05) is 23.8 Å². The molecule has 0 N–H and O–H groups in total. The average Bonchev–Trinajstić information content (AvgIpc) is 2.49. The summed E-state index contributed by atoms with van der Waals surface area (Å²) in [7, 11) is 1.62. The molecule has 1 aromatic carbocycles. The molecule has 1 aromatic heterocycles. The molecule has 2 rings (SSSR count). The monoisotopic (exact) mass is 265 g/mol.